The summed E-state index contributed by atoms with van der Waals surface area (Å²) in [5.41, 5.74) is 38.3. The zero-order valence-electron chi connectivity index (χ0n) is 60.6. The minimum Gasteiger partial charge on any atom is -0.309 e. The summed E-state index contributed by atoms with van der Waals surface area (Å²) in [7, 11) is 0. The maximum Gasteiger partial charge on any atom is 0.0727 e. The van der Waals surface area contributed by atoms with Crippen molar-refractivity contribution >= 4 is 87.2 Å². The van der Waals surface area contributed by atoms with Crippen LogP contribution in [0, 0.1) is 0 Å². The second-order valence-corrected chi connectivity index (χ2v) is 31.0. The van der Waals surface area contributed by atoms with Gasteiger partial charge in [0.25, 0.3) is 0 Å². The predicted molar refractivity (Wildman–Crippen MR) is 459 cm³/mol. The molecule has 4 heteroatoms. The van der Waals surface area contributed by atoms with Crippen LogP contribution in [-0.4, -0.2) is 18.3 Å². The molecular weight excluding hydrogens is 1330 g/mol. The van der Waals surface area contributed by atoms with E-state index < -0.39 is 5.41 Å². The number of fused-ring (bicyclic) bond motifs is 27. The van der Waals surface area contributed by atoms with Gasteiger partial charge in [-0.1, -0.05) is 281 Å². The molecule has 21 aromatic rings. The topological polar surface area (TPSA) is 19.7 Å². The molecule has 1 spiro atoms. The monoisotopic (exact) mass is 1400 g/mol. The second kappa shape index (κ2) is 22.7. The smallest absolute Gasteiger partial charge is 0.0727 e. The Hall–Kier alpha value is -14.1. The maximum absolute atomic E-state index is 2.60. The third-order valence-corrected chi connectivity index (χ3v) is 25.1. The van der Waals surface area contributed by atoms with E-state index >= 15 is 0 Å². The highest BCUT2D eigenvalue weighted by molar-refractivity contribution is 6.20. The molecule has 0 saturated carbocycles. The molecule has 24 rings (SSSR count). The Kier molecular flexibility index (Phi) is 12.6. The number of nitrogens with zero attached hydrogens (tertiary/aromatic N) is 4. The standard InChI is InChI=1S/C106H68N4/c1-105(2)103-81(54-56-96-101(103)83-37-15-20-42-94(83)107(96)73-49-44-68(45-50-73)65-24-6-3-7-25-65)82-55-57-97-102(104(82)105)84-38-16-21-43-95(84)109(97)75-32-23-31-71(59-75)72-48-53-80-88-62-86-85-61-87-79-36-14-19-41-93(79)108(74-51-46-69(47-52-74)66-26-8-4-9-27-66)99(87)63-91(85)106(89-39-17-12-34-77(89)78-35-13-18-40-90(78)106)92(86)64-100(88)110(98(80)60-72)76-33-22-30-70(58-76)67-28-10-5-11-29-67/h3-64H,1-2H3. The number of para-hydroxylation sites is 3. The van der Waals surface area contributed by atoms with E-state index in [1.807, 2.05) is 0 Å². The van der Waals surface area contributed by atoms with Crippen molar-refractivity contribution in [2.45, 2.75) is 24.7 Å². The number of hydrogen-bond donors (Lipinski definition) is 0. The van der Waals surface area contributed by atoms with Crippen LogP contribution in [0.5, 0.6) is 0 Å². The minimum atomic E-state index is -0.643. The fraction of sp³-hybridized carbons (Fsp3) is 0.0377. The quantitative estimate of drug-likeness (QED) is 0.144. The largest absolute Gasteiger partial charge is 0.309 e. The van der Waals surface area contributed by atoms with Gasteiger partial charge in [0.1, 0.15) is 0 Å². The molecule has 0 saturated heterocycles. The number of benzene rings is 17. The Morgan fingerprint density at radius 2 is 0.527 bits per heavy atom. The van der Waals surface area contributed by atoms with Crippen LogP contribution in [0.1, 0.15) is 47.2 Å². The molecular formula is C106H68N4. The van der Waals surface area contributed by atoms with E-state index in [9.17, 15) is 0 Å². The van der Waals surface area contributed by atoms with Gasteiger partial charge >= 0.3 is 0 Å². The van der Waals surface area contributed by atoms with Crippen LogP contribution < -0.4 is 0 Å². The minimum absolute atomic E-state index is 0.358. The van der Waals surface area contributed by atoms with Gasteiger partial charge < -0.3 is 18.3 Å². The highest BCUT2D eigenvalue weighted by atomic mass is 15.0. The molecule has 512 valence electrons. The van der Waals surface area contributed by atoms with Gasteiger partial charge in [0.05, 0.1) is 49.5 Å². The number of aromatic nitrogens is 4. The summed E-state index contributed by atoms with van der Waals surface area (Å²) in [6.07, 6.45) is 0. The molecule has 17 aromatic carbocycles. The van der Waals surface area contributed by atoms with Gasteiger partial charge in [0, 0.05) is 71.3 Å². The molecule has 0 N–H and O–H groups in total. The lowest BCUT2D eigenvalue weighted by atomic mass is 9.70. The Labute approximate surface area is 636 Å². The van der Waals surface area contributed by atoms with Gasteiger partial charge in [-0.05, 0) is 220 Å². The molecule has 0 amide bonds. The lowest BCUT2D eigenvalue weighted by Gasteiger charge is -2.30. The average molecular weight is 1400 g/mol. The van der Waals surface area contributed by atoms with Crippen LogP contribution in [0.25, 0.3) is 188 Å². The number of hydrogen-bond acceptors (Lipinski definition) is 0. The predicted octanol–water partition coefficient (Wildman–Crippen LogP) is 27.4. The molecule has 0 aliphatic heterocycles. The van der Waals surface area contributed by atoms with E-state index in [-0.39, 0.29) is 5.41 Å². The molecule has 0 bridgehead atoms. The molecule has 0 unspecified atom stereocenters. The van der Waals surface area contributed by atoms with Crippen molar-refractivity contribution in [1.82, 2.24) is 18.3 Å². The van der Waals surface area contributed by atoms with Gasteiger partial charge in [0.2, 0.25) is 0 Å². The van der Waals surface area contributed by atoms with Gasteiger partial charge in [-0.25, -0.2) is 0 Å². The molecule has 3 aliphatic carbocycles. The van der Waals surface area contributed by atoms with Gasteiger partial charge in [-0.3, -0.25) is 0 Å². The lowest BCUT2D eigenvalue weighted by Crippen LogP contribution is -2.26. The van der Waals surface area contributed by atoms with Crippen molar-refractivity contribution in [3.8, 4) is 101 Å². The van der Waals surface area contributed by atoms with Crippen molar-refractivity contribution in [1.29, 1.82) is 0 Å². The Morgan fingerprint density at radius 3 is 1.03 bits per heavy atom. The summed E-state index contributed by atoms with van der Waals surface area (Å²) in [4.78, 5) is 0. The summed E-state index contributed by atoms with van der Waals surface area (Å²) >= 11 is 0. The van der Waals surface area contributed by atoms with E-state index in [0.717, 1.165) is 39.4 Å². The van der Waals surface area contributed by atoms with E-state index in [4.69, 9.17) is 0 Å². The number of rotatable bonds is 8. The van der Waals surface area contributed by atoms with Gasteiger partial charge in [-0.2, -0.15) is 0 Å². The molecule has 4 aromatic heterocycles. The zero-order chi connectivity index (χ0) is 72.2. The van der Waals surface area contributed by atoms with Crippen LogP contribution in [0.2, 0.25) is 0 Å². The van der Waals surface area contributed by atoms with Crippen molar-refractivity contribution in [2.75, 3.05) is 0 Å². The van der Waals surface area contributed by atoms with E-state index in [2.05, 4.69) is 408 Å². The Bertz CT molecular complexity index is 7460. The van der Waals surface area contributed by atoms with E-state index in [0.29, 0.717) is 0 Å². The summed E-state index contributed by atoms with van der Waals surface area (Å²) in [6.45, 7) is 4.94. The molecule has 4 nitrogen and oxygen atoms in total. The first kappa shape index (κ1) is 61.1. The van der Waals surface area contributed by atoms with Crippen LogP contribution in [0.3, 0.4) is 0 Å². The highest BCUT2D eigenvalue weighted by Gasteiger charge is 2.52. The fourth-order valence-electron chi connectivity index (χ4n) is 20.5. The maximum atomic E-state index is 2.60. The lowest BCUT2D eigenvalue weighted by molar-refractivity contribution is 0.673. The summed E-state index contributed by atoms with van der Waals surface area (Å²) in [5.74, 6) is 0. The van der Waals surface area contributed by atoms with Crippen molar-refractivity contribution in [3.63, 3.8) is 0 Å². The molecule has 0 fully saturated rings. The van der Waals surface area contributed by atoms with Gasteiger partial charge in [0.15, 0.2) is 0 Å². The second-order valence-electron chi connectivity index (χ2n) is 31.0. The Balaban J connectivity index is 0.691. The molecule has 110 heavy (non-hydrogen) atoms. The SMILES string of the molecule is CC1(C)c2c(ccc3c2c2ccccc2n3-c2ccc(-c3ccccc3)cc2)-c2ccc3c(c21)c1ccccc1n3-c1cccc(-c2ccc3c4cc5c(cc4n(-c4cccc(-c6ccccc6)c4)c3c2)C2(c3ccccc3-c3ccccc32)c2cc3c(cc2-5)c2ccccc2n3-c2ccc(-c3ccccc3)cc2)c1. The highest BCUT2D eigenvalue weighted by Crippen LogP contribution is 2.65. The first-order chi connectivity index (χ1) is 54.3. The van der Waals surface area contributed by atoms with E-state index in [1.54, 1.807) is 0 Å². The molecule has 0 radical (unpaired) electrons. The summed E-state index contributed by atoms with van der Waals surface area (Å²) in [5, 5.41) is 10.1. The van der Waals surface area contributed by atoms with Crippen LogP contribution >= 0.6 is 0 Å². The van der Waals surface area contributed by atoms with Crippen molar-refractivity contribution in [2.24, 2.45) is 0 Å². The normalized spacial score (nSPS) is 13.5. The average Bonchev–Trinajstić information content (AvgIpc) is 1.50. The molecule has 0 atom stereocenters. The molecule has 4 heterocycles. The van der Waals surface area contributed by atoms with Crippen molar-refractivity contribution in [3.05, 3.63) is 409 Å². The van der Waals surface area contributed by atoms with Gasteiger partial charge in [-0.15, -0.1) is 0 Å². The summed E-state index contributed by atoms with van der Waals surface area (Å²) < 4.78 is 10.1. The fourth-order valence-corrected chi connectivity index (χ4v) is 20.5. The third kappa shape index (κ3) is 8.34. The Morgan fingerprint density at radius 1 is 0.182 bits per heavy atom. The third-order valence-electron chi connectivity index (χ3n) is 25.1. The molecule has 3 aliphatic rings. The first-order valence-corrected chi connectivity index (χ1v) is 38.5. The van der Waals surface area contributed by atoms with Crippen LogP contribution in [0.4, 0.5) is 0 Å². The van der Waals surface area contributed by atoms with Crippen LogP contribution in [-0.2, 0) is 10.8 Å². The van der Waals surface area contributed by atoms with Crippen molar-refractivity contribution < 1.29 is 0 Å². The zero-order valence-corrected chi connectivity index (χ0v) is 60.6. The van der Waals surface area contributed by atoms with E-state index in [1.165, 1.54) is 182 Å². The van der Waals surface area contributed by atoms with Crippen LogP contribution in [0.15, 0.2) is 376 Å². The summed E-state index contributed by atoms with van der Waals surface area (Å²) in [6, 6.07) is 142. The first-order valence-electron chi connectivity index (χ1n) is 38.5.